The zero-order valence-electron chi connectivity index (χ0n) is 12.7. The van der Waals surface area contributed by atoms with Gasteiger partial charge < -0.3 is 5.73 Å². The van der Waals surface area contributed by atoms with Gasteiger partial charge in [0.25, 0.3) is 0 Å². The Morgan fingerprint density at radius 1 is 0.952 bits per heavy atom. The van der Waals surface area contributed by atoms with Gasteiger partial charge in [-0.3, -0.25) is 0 Å². The van der Waals surface area contributed by atoms with E-state index in [4.69, 9.17) is 5.73 Å². The second-order valence-electron chi connectivity index (χ2n) is 5.89. The van der Waals surface area contributed by atoms with Crippen LogP contribution in [0.5, 0.6) is 0 Å². The predicted molar refractivity (Wildman–Crippen MR) is 86.7 cm³/mol. The maximum absolute atomic E-state index is 10.0. The molecule has 0 aliphatic heterocycles. The van der Waals surface area contributed by atoms with E-state index < -0.39 is 5.41 Å². The normalized spacial score (nSPS) is 12.9. The summed E-state index contributed by atoms with van der Waals surface area (Å²) in [7, 11) is 0. The van der Waals surface area contributed by atoms with Gasteiger partial charge in [0.1, 0.15) is 5.41 Å². The minimum absolute atomic E-state index is 0.243. The fourth-order valence-electron chi connectivity index (χ4n) is 2.89. The molecule has 0 radical (unpaired) electrons. The maximum Gasteiger partial charge on any atom is 0.122 e. The van der Waals surface area contributed by atoms with Crippen LogP contribution < -0.4 is 5.73 Å². The van der Waals surface area contributed by atoms with E-state index in [-0.39, 0.29) is 6.04 Å². The SMILES string of the molecule is CC(C)C[C@H](N)C(C#N)(c1ccccc1)c1ccccc1. The summed E-state index contributed by atoms with van der Waals surface area (Å²) in [6, 6.07) is 22.1. The van der Waals surface area contributed by atoms with E-state index >= 15 is 0 Å². The Morgan fingerprint density at radius 3 is 1.71 bits per heavy atom. The molecule has 0 heterocycles. The van der Waals surface area contributed by atoms with E-state index in [1.807, 2.05) is 60.7 Å². The van der Waals surface area contributed by atoms with Gasteiger partial charge in [-0.25, -0.2) is 0 Å². The van der Waals surface area contributed by atoms with Crippen LogP contribution in [0.2, 0.25) is 0 Å². The van der Waals surface area contributed by atoms with Crippen LogP contribution in [-0.2, 0) is 5.41 Å². The lowest BCUT2D eigenvalue weighted by Crippen LogP contribution is -2.46. The molecular weight excluding hydrogens is 256 g/mol. The molecule has 0 aliphatic rings. The quantitative estimate of drug-likeness (QED) is 0.902. The van der Waals surface area contributed by atoms with E-state index in [1.54, 1.807) is 0 Å². The van der Waals surface area contributed by atoms with Crippen LogP contribution in [0, 0.1) is 17.2 Å². The first-order valence-electron chi connectivity index (χ1n) is 7.39. The van der Waals surface area contributed by atoms with Gasteiger partial charge >= 0.3 is 0 Å². The summed E-state index contributed by atoms with van der Waals surface area (Å²) < 4.78 is 0. The molecule has 0 aromatic heterocycles. The first kappa shape index (κ1) is 15.3. The zero-order chi connectivity index (χ0) is 15.3. The van der Waals surface area contributed by atoms with Gasteiger partial charge in [0.05, 0.1) is 6.07 Å². The van der Waals surface area contributed by atoms with Crippen molar-refractivity contribution in [2.75, 3.05) is 0 Å². The first-order valence-corrected chi connectivity index (χ1v) is 7.39. The molecule has 0 saturated heterocycles. The van der Waals surface area contributed by atoms with E-state index in [0.717, 1.165) is 17.5 Å². The van der Waals surface area contributed by atoms with Crippen LogP contribution in [0.3, 0.4) is 0 Å². The van der Waals surface area contributed by atoms with Crippen LogP contribution in [0.1, 0.15) is 31.4 Å². The second kappa shape index (κ2) is 6.56. The summed E-state index contributed by atoms with van der Waals surface area (Å²) in [6.45, 7) is 4.27. The summed E-state index contributed by atoms with van der Waals surface area (Å²) in [5.74, 6) is 0.445. The fraction of sp³-hybridized carbons (Fsp3) is 0.316. The molecule has 2 rings (SSSR count). The van der Waals surface area contributed by atoms with Crippen LogP contribution in [0.15, 0.2) is 60.7 Å². The van der Waals surface area contributed by atoms with Gasteiger partial charge in [0.2, 0.25) is 0 Å². The molecule has 1 atom stereocenters. The Bertz CT molecular complexity index is 557. The Kier molecular flexibility index (Phi) is 4.77. The van der Waals surface area contributed by atoms with Gasteiger partial charge in [0, 0.05) is 6.04 Å². The van der Waals surface area contributed by atoms with Gasteiger partial charge in [-0.2, -0.15) is 5.26 Å². The van der Waals surface area contributed by atoms with Crippen LogP contribution in [0.25, 0.3) is 0 Å². The van der Waals surface area contributed by atoms with Gasteiger partial charge in [-0.15, -0.1) is 0 Å². The number of nitrogens with two attached hydrogens (primary N) is 1. The van der Waals surface area contributed by atoms with Gasteiger partial charge in [-0.05, 0) is 23.5 Å². The van der Waals surface area contributed by atoms with E-state index in [0.29, 0.717) is 5.92 Å². The topological polar surface area (TPSA) is 49.8 Å². The van der Waals surface area contributed by atoms with Crippen LogP contribution >= 0.6 is 0 Å². The summed E-state index contributed by atoms with van der Waals surface area (Å²) in [5.41, 5.74) is 7.64. The molecule has 0 fully saturated rings. The third kappa shape index (κ3) is 2.99. The smallest absolute Gasteiger partial charge is 0.122 e. The highest BCUT2D eigenvalue weighted by Crippen LogP contribution is 2.36. The van der Waals surface area contributed by atoms with E-state index in [9.17, 15) is 5.26 Å². The molecule has 0 bridgehead atoms. The third-order valence-corrected chi connectivity index (χ3v) is 3.92. The largest absolute Gasteiger partial charge is 0.326 e. The van der Waals surface area contributed by atoms with Crippen molar-refractivity contribution in [2.24, 2.45) is 11.7 Å². The average molecular weight is 278 g/mol. The number of benzene rings is 2. The number of nitriles is 1. The molecule has 0 saturated carbocycles. The van der Waals surface area contributed by atoms with Crippen molar-refractivity contribution >= 4 is 0 Å². The summed E-state index contributed by atoms with van der Waals surface area (Å²) >= 11 is 0. The predicted octanol–water partition coefficient (Wildman–Crippen LogP) is 3.87. The lowest BCUT2D eigenvalue weighted by atomic mass is 9.68. The third-order valence-electron chi connectivity index (χ3n) is 3.92. The van der Waals surface area contributed by atoms with Gasteiger partial charge in [0.15, 0.2) is 0 Å². The molecular formula is C19H22N2. The molecule has 2 aromatic carbocycles. The van der Waals surface area contributed by atoms with Gasteiger partial charge in [-0.1, -0.05) is 74.5 Å². The molecule has 2 nitrogen and oxygen atoms in total. The molecule has 108 valence electrons. The van der Waals surface area contributed by atoms with Crippen LogP contribution in [-0.4, -0.2) is 6.04 Å². The highest BCUT2D eigenvalue weighted by atomic mass is 14.7. The second-order valence-corrected chi connectivity index (χ2v) is 5.89. The monoisotopic (exact) mass is 278 g/mol. The lowest BCUT2D eigenvalue weighted by molar-refractivity contribution is 0.410. The van der Waals surface area contributed by atoms with Crippen molar-refractivity contribution in [1.82, 2.24) is 0 Å². The Labute approximate surface area is 127 Å². The molecule has 21 heavy (non-hydrogen) atoms. The van der Waals surface area contributed by atoms with Crippen molar-refractivity contribution in [2.45, 2.75) is 31.7 Å². The molecule has 2 aromatic rings. The molecule has 0 amide bonds. The number of hydrogen-bond donors (Lipinski definition) is 1. The molecule has 0 spiro atoms. The number of hydrogen-bond acceptors (Lipinski definition) is 2. The van der Waals surface area contributed by atoms with Crippen LogP contribution in [0.4, 0.5) is 0 Å². The van der Waals surface area contributed by atoms with Crippen molar-refractivity contribution in [3.8, 4) is 6.07 Å². The van der Waals surface area contributed by atoms with Crippen molar-refractivity contribution < 1.29 is 0 Å². The van der Waals surface area contributed by atoms with Crippen molar-refractivity contribution in [3.05, 3.63) is 71.8 Å². The van der Waals surface area contributed by atoms with E-state index in [1.165, 1.54) is 0 Å². The van der Waals surface area contributed by atoms with Crippen molar-refractivity contribution in [3.63, 3.8) is 0 Å². The zero-order valence-corrected chi connectivity index (χ0v) is 12.7. The standard InChI is InChI=1S/C19H22N2/c1-15(2)13-18(21)19(14-20,16-9-5-3-6-10-16)17-11-7-4-8-12-17/h3-12,15,18H,13,21H2,1-2H3/t18-/m0/s1. The highest BCUT2D eigenvalue weighted by molar-refractivity contribution is 5.48. The lowest BCUT2D eigenvalue weighted by Gasteiger charge is -2.34. The summed E-state index contributed by atoms with van der Waals surface area (Å²) in [4.78, 5) is 0. The van der Waals surface area contributed by atoms with E-state index in [2.05, 4.69) is 19.9 Å². The Morgan fingerprint density at radius 2 is 1.38 bits per heavy atom. The average Bonchev–Trinajstić information content (AvgIpc) is 2.50. The summed E-state index contributed by atoms with van der Waals surface area (Å²) in [6.07, 6.45) is 0.803. The first-order chi connectivity index (χ1) is 10.1. The fourth-order valence-corrected chi connectivity index (χ4v) is 2.89. The van der Waals surface area contributed by atoms with Crippen molar-refractivity contribution in [1.29, 1.82) is 5.26 Å². The maximum atomic E-state index is 10.0. The summed E-state index contributed by atoms with van der Waals surface area (Å²) in [5, 5.41) is 10.0. The minimum atomic E-state index is -0.799. The molecule has 2 heteroatoms. The molecule has 0 aliphatic carbocycles. The highest BCUT2D eigenvalue weighted by Gasteiger charge is 2.40. The Balaban J connectivity index is 2.61. The number of rotatable bonds is 5. The Hall–Kier alpha value is -2.11. The molecule has 0 unspecified atom stereocenters. The minimum Gasteiger partial charge on any atom is -0.326 e. The number of nitrogens with zero attached hydrogens (tertiary/aromatic N) is 1. The molecule has 2 N–H and O–H groups in total.